The molecule has 1 rings (SSSR count). The van der Waals surface area contributed by atoms with Gasteiger partial charge in [-0.1, -0.05) is 26.0 Å². The van der Waals surface area contributed by atoms with Crippen LogP contribution in [0.5, 0.6) is 0 Å². The number of alkyl carbamates (subject to hydrolysis) is 1. The molecule has 0 aliphatic carbocycles. The second kappa shape index (κ2) is 8.03. The second-order valence-electron chi connectivity index (χ2n) is 4.36. The molecule has 0 aromatic carbocycles. The summed E-state index contributed by atoms with van der Waals surface area (Å²) < 4.78 is 4.71. The molecule has 0 bridgehead atoms. The van der Waals surface area contributed by atoms with Gasteiger partial charge in [-0.15, -0.1) is 5.06 Å². The lowest BCUT2D eigenvalue weighted by Crippen LogP contribution is -2.45. The van der Waals surface area contributed by atoms with E-state index in [2.05, 4.69) is 11.9 Å². The number of carbonyl (C=O) groups is 4. The monoisotopic (exact) mass is 298 g/mol. The maximum atomic E-state index is 11.9. The fourth-order valence-corrected chi connectivity index (χ4v) is 1.67. The molecule has 1 fully saturated rings. The van der Waals surface area contributed by atoms with E-state index in [4.69, 9.17) is 9.57 Å². The van der Waals surface area contributed by atoms with Gasteiger partial charge in [0, 0.05) is 12.8 Å². The van der Waals surface area contributed by atoms with Gasteiger partial charge < -0.3 is 14.9 Å². The first-order valence-electron chi connectivity index (χ1n) is 6.61. The third kappa shape index (κ3) is 4.90. The highest BCUT2D eigenvalue weighted by Crippen LogP contribution is 2.13. The average Bonchev–Trinajstić information content (AvgIpc) is 2.76. The number of nitrogens with zero attached hydrogens (tertiary/aromatic N) is 1. The quantitative estimate of drug-likeness (QED) is 0.547. The molecule has 116 valence electrons. The second-order valence-corrected chi connectivity index (χ2v) is 4.36. The van der Waals surface area contributed by atoms with Crippen molar-refractivity contribution in [1.82, 2.24) is 10.4 Å². The number of carbonyl (C=O) groups excluding carboxylic acids is 4. The van der Waals surface area contributed by atoms with E-state index in [-0.39, 0.29) is 25.9 Å². The zero-order valence-electron chi connectivity index (χ0n) is 11.8. The Labute approximate surface area is 122 Å². The Kier molecular flexibility index (Phi) is 6.38. The average molecular weight is 298 g/mol. The summed E-state index contributed by atoms with van der Waals surface area (Å²) in [6.07, 6.45) is 1.48. The highest BCUT2D eigenvalue weighted by atomic mass is 16.7. The van der Waals surface area contributed by atoms with Crippen LogP contribution in [0.3, 0.4) is 0 Å². The fraction of sp³-hybridized carbons (Fsp3) is 0.538. The molecular weight excluding hydrogens is 280 g/mol. The molecule has 0 aromatic heterocycles. The van der Waals surface area contributed by atoms with Crippen LogP contribution in [0.15, 0.2) is 12.7 Å². The standard InChI is InChI=1S/C13H18N2O6/c1-3-5-9(14-13(19)20-8-4-2)12(18)21-15-10(16)6-7-11(15)17/h4,9H,2-3,5-8H2,1H3,(H,14,19)/t9-/m0/s1. The van der Waals surface area contributed by atoms with E-state index in [0.717, 1.165) is 0 Å². The minimum Gasteiger partial charge on any atom is -0.445 e. The summed E-state index contributed by atoms with van der Waals surface area (Å²) in [5.41, 5.74) is 0. The number of hydrogen-bond acceptors (Lipinski definition) is 6. The SMILES string of the molecule is C=CCOC(=O)N[C@@H](CCC)C(=O)ON1C(=O)CCC1=O. The third-order valence-electron chi connectivity index (χ3n) is 2.67. The van der Waals surface area contributed by atoms with Crippen molar-refractivity contribution >= 4 is 23.9 Å². The van der Waals surface area contributed by atoms with E-state index < -0.39 is 29.9 Å². The molecule has 0 spiro atoms. The minimum absolute atomic E-state index is 0.00280. The van der Waals surface area contributed by atoms with Crippen LogP contribution in [-0.2, 0) is 24.0 Å². The third-order valence-corrected chi connectivity index (χ3v) is 2.67. The van der Waals surface area contributed by atoms with Crippen LogP contribution in [0.4, 0.5) is 4.79 Å². The number of hydrogen-bond donors (Lipinski definition) is 1. The van der Waals surface area contributed by atoms with E-state index in [1.807, 2.05) is 6.92 Å². The normalized spacial score (nSPS) is 15.6. The lowest BCUT2D eigenvalue weighted by atomic mass is 10.2. The first-order valence-corrected chi connectivity index (χ1v) is 6.61. The van der Waals surface area contributed by atoms with Gasteiger partial charge in [0.2, 0.25) is 0 Å². The van der Waals surface area contributed by atoms with E-state index in [1.165, 1.54) is 6.08 Å². The predicted octanol–water partition coefficient (Wildman–Crippen LogP) is 0.674. The summed E-state index contributed by atoms with van der Waals surface area (Å²) in [4.78, 5) is 50.9. The van der Waals surface area contributed by atoms with E-state index in [0.29, 0.717) is 11.5 Å². The Morgan fingerprint density at radius 3 is 2.52 bits per heavy atom. The molecule has 1 heterocycles. The summed E-state index contributed by atoms with van der Waals surface area (Å²) in [7, 11) is 0. The molecule has 1 atom stereocenters. The first-order chi connectivity index (χ1) is 9.99. The van der Waals surface area contributed by atoms with Crippen LogP contribution in [0, 0.1) is 0 Å². The summed E-state index contributed by atoms with van der Waals surface area (Å²) in [5, 5.41) is 2.77. The first kappa shape index (κ1) is 16.7. The van der Waals surface area contributed by atoms with E-state index >= 15 is 0 Å². The van der Waals surface area contributed by atoms with Gasteiger partial charge in [0.1, 0.15) is 12.6 Å². The van der Waals surface area contributed by atoms with Crippen molar-refractivity contribution in [2.45, 2.75) is 38.6 Å². The minimum atomic E-state index is -0.992. The number of rotatable bonds is 7. The zero-order valence-corrected chi connectivity index (χ0v) is 11.8. The molecule has 1 aliphatic heterocycles. The fourth-order valence-electron chi connectivity index (χ4n) is 1.67. The van der Waals surface area contributed by atoms with Gasteiger partial charge in [-0.3, -0.25) is 9.59 Å². The van der Waals surface area contributed by atoms with E-state index in [1.54, 1.807) is 0 Å². The molecule has 3 amide bonds. The van der Waals surface area contributed by atoms with Crippen molar-refractivity contribution in [3.8, 4) is 0 Å². The van der Waals surface area contributed by atoms with Gasteiger partial charge >= 0.3 is 12.1 Å². The predicted molar refractivity (Wildman–Crippen MR) is 70.6 cm³/mol. The van der Waals surface area contributed by atoms with Gasteiger partial charge in [-0.25, -0.2) is 9.59 Å². The van der Waals surface area contributed by atoms with Crippen molar-refractivity contribution in [3.63, 3.8) is 0 Å². The summed E-state index contributed by atoms with van der Waals surface area (Å²) in [5.74, 6) is -2.02. The smallest absolute Gasteiger partial charge is 0.408 e. The zero-order chi connectivity index (χ0) is 15.8. The molecule has 0 radical (unpaired) electrons. The molecule has 21 heavy (non-hydrogen) atoms. The highest BCUT2D eigenvalue weighted by Gasteiger charge is 2.35. The molecule has 1 saturated heterocycles. The van der Waals surface area contributed by atoms with Crippen LogP contribution in [-0.4, -0.2) is 41.6 Å². The van der Waals surface area contributed by atoms with Gasteiger partial charge in [0.05, 0.1) is 0 Å². The molecular formula is C13H18N2O6. The molecule has 8 heteroatoms. The number of amides is 3. The molecule has 0 saturated carbocycles. The lowest BCUT2D eigenvalue weighted by Gasteiger charge is -2.19. The number of ether oxygens (including phenoxy) is 1. The van der Waals surface area contributed by atoms with Gasteiger partial charge in [0.25, 0.3) is 11.8 Å². The van der Waals surface area contributed by atoms with Gasteiger partial charge in [-0.05, 0) is 6.42 Å². The summed E-state index contributed by atoms with van der Waals surface area (Å²) in [6.45, 7) is 5.20. The van der Waals surface area contributed by atoms with Crippen LogP contribution in [0.2, 0.25) is 0 Å². The van der Waals surface area contributed by atoms with Crippen molar-refractivity contribution < 1.29 is 28.8 Å². The largest absolute Gasteiger partial charge is 0.445 e. The molecule has 1 N–H and O–H groups in total. The molecule has 1 aliphatic rings. The van der Waals surface area contributed by atoms with Crippen molar-refractivity contribution in [2.75, 3.05) is 6.61 Å². The lowest BCUT2D eigenvalue weighted by molar-refractivity contribution is -0.199. The Balaban J connectivity index is 2.60. The van der Waals surface area contributed by atoms with Crippen LogP contribution >= 0.6 is 0 Å². The van der Waals surface area contributed by atoms with Crippen molar-refractivity contribution in [1.29, 1.82) is 0 Å². The van der Waals surface area contributed by atoms with Crippen LogP contribution in [0.25, 0.3) is 0 Å². The Morgan fingerprint density at radius 1 is 1.38 bits per heavy atom. The molecule has 0 aromatic rings. The number of hydroxylamine groups is 2. The Morgan fingerprint density at radius 2 is 2.00 bits per heavy atom. The van der Waals surface area contributed by atoms with Crippen molar-refractivity contribution in [3.05, 3.63) is 12.7 Å². The van der Waals surface area contributed by atoms with Gasteiger partial charge in [0.15, 0.2) is 0 Å². The van der Waals surface area contributed by atoms with Gasteiger partial charge in [-0.2, -0.15) is 0 Å². The molecule has 0 unspecified atom stereocenters. The van der Waals surface area contributed by atoms with Crippen LogP contribution < -0.4 is 5.32 Å². The number of imide groups is 1. The van der Waals surface area contributed by atoms with Crippen molar-refractivity contribution in [2.24, 2.45) is 0 Å². The molecule has 8 nitrogen and oxygen atoms in total. The Bertz CT molecular complexity index is 432. The topological polar surface area (TPSA) is 102 Å². The Hall–Kier alpha value is -2.38. The number of nitrogens with one attached hydrogen (secondary N) is 1. The summed E-state index contributed by atoms with van der Waals surface area (Å²) >= 11 is 0. The van der Waals surface area contributed by atoms with Crippen LogP contribution in [0.1, 0.15) is 32.6 Å². The maximum absolute atomic E-state index is 11.9. The summed E-state index contributed by atoms with van der Waals surface area (Å²) in [6, 6.07) is -0.992. The van der Waals surface area contributed by atoms with E-state index in [9.17, 15) is 19.2 Å². The maximum Gasteiger partial charge on any atom is 0.408 e. The highest BCUT2D eigenvalue weighted by molar-refractivity contribution is 6.01.